The third-order valence-corrected chi connectivity index (χ3v) is 4.09. The topological polar surface area (TPSA) is 70.9 Å². The van der Waals surface area contributed by atoms with Gasteiger partial charge in [-0.2, -0.15) is 23.1 Å². The fourth-order valence-corrected chi connectivity index (χ4v) is 2.59. The van der Waals surface area contributed by atoms with Gasteiger partial charge in [-0.25, -0.2) is 4.98 Å². The van der Waals surface area contributed by atoms with Gasteiger partial charge in [-0.1, -0.05) is 6.92 Å². The second-order valence-corrected chi connectivity index (χ2v) is 6.83. The lowest BCUT2D eigenvalue weighted by atomic mass is 9.97. The van der Waals surface area contributed by atoms with Gasteiger partial charge in [0.05, 0.1) is 12.0 Å². The summed E-state index contributed by atoms with van der Waals surface area (Å²) in [6.07, 6.45) is -0.718. The fourth-order valence-electron chi connectivity index (χ4n) is 2.59. The summed E-state index contributed by atoms with van der Waals surface area (Å²) in [5.41, 5.74) is 0.818. The molecule has 1 heterocycles. The van der Waals surface area contributed by atoms with Crippen LogP contribution in [0.1, 0.15) is 58.1 Å². The van der Waals surface area contributed by atoms with Crippen molar-refractivity contribution in [1.82, 2.24) is 15.0 Å². The van der Waals surface area contributed by atoms with Crippen molar-refractivity contribution >= 4 is 11.5 Å². The Hall–Kier alpha value is -1.70. The van der Waals surface area contributed by atoms with Crippen molar-refractivity contribution in [3.8, 4) is 0 Å². The maximum atomic E-state index is 12.7. The summed E-state index contributed by atoms with van der Waals surface area (Å²) < 4.78 is 38.1. The standard InChI is InChI=1S/C17H25F3N4O/c1-10(2)21-16-23-14(8-7-11(3)17(18,19)20)22-15(24-16)12-5-4-6-13(25)9-12/h9-11,13,25H,4-8H2,1-3H3,(H,21,22,23,24)/t11-,13?/m0/s1. The largest absolute Gasteiger partial charge is 0.391 e. The molecule has 1 aliphatic rings. The van der Waals surface area contributed by atoms with Crippen molar-refractivity contribution in [2.24, 2.45) is 5.92 Å². The van der Waals surface area contributed by atoms with E-state index in [1.165, 1.54) is 0 Å². The van der Waals surface area contributed by atoms with E-state index in [4.69, 9.17) is 0 Å². The van der Waals surface area contributed by atoms with E-state index in [0.717, 1.165) is 25.3 Å². The molecule has 2 N–H and O–H groups in total. The Morgan fingerprint density at radius 3 is 2.56 bits per heavy atom. The minimum absolute atomic E-state index is 0.0737. The second kappa shape index (κ2) is 8.12. The smallest absolute Gasteiger partial charge is 0.389 e. The second-order valence-electron chi connectivity index (χ2n) is 6.83. The number of hydrogen-bond donors (Lipinski definition) is 2. The van der Waals surface area contributed by atoms with Gasteiger partial charge < -0.3 is 10.4 Å². The van der Waals surface area contributed by atoms with Crippen LogP contribution in [-0.2, 0) is 6.42 Å². The average Bonchev–Trinajstić information content (AvgIpc) is 2.50. The van der Waals surface area contributed by atoms with Gasteiger partial charge in [-0.05, 0) is 51.2 Å². The van der Waals surface area contributed by atoms with Crippen LogP contribution in [0.25, 0.3) is 5.57 Å². The van der Waals surface area contributed by atoms with E-state index in [1.54, 1.807) is 6.08 Å². The lowest BCUT2D eigenvalue weighted by Crippen LogP contribution is -2.21. The molecule has 1 aromatic heterocycles. The SMILES string of the molecule is CC(C)Nc1nc(CC[C@H](C)C(F)(F)F)nc(C2=CC(O)CCC2)n1. The van der Waals surface area contributed by atoms with Crippen molar-refractivity contribution in [1.29, 1.82) is 0 Å². The number of nitrogens with zero attached hydrogens (tertiary/aromatic N) is 3. The summed E-state index contributed by atoms with van der Waals surface area (Å²) in [5, 5.41) is 12.9. The van der Waals surface area contributed by atoms with E-state index in [1.807, 2.05) is 13.8 Å². The molecule has 140 valence electrons. The van der Waals surface area contributed by atoms with E-state index in [-0.39, 0.29) is 18.9 Å². The predicted octanol–water partition coefficient (Wildman–Crippen LogP) is 3.75. The summed E-state index contributed by atoms with van der Waals surface area (Å²) in [6.45, 7) is 5.02. The summed E-state index contributed by atoms with van der Waals surface area (Å²) in [6, 6.07) is 0.0862. The normalized spacial score (nSPS) is 19.7. The molecule has 5 nitrogen and oxygen atoms in total. The lowest BCUT2D eigenvalue weighted by molar-refractivity contribution is -0.171. The van der Waals surface area contributed by atoms with Gasteiger partial charge in [-0.3, -0.25) is 0 Å². The maximum absolute atomic E-state index is 12.7. The first-order valence-corrected chi connectivity index (χ1v) is 8.62. The minimum atomic E-state index is -4.22. The van der Waals surface area contributed by atoms with Crippen LogP contribution in [-0.4, -0.2) is 38.4 Å². The van der Waals surface area contributed by atoms with Crippen LogP contribution in [0.4, 0.5) is 19.1 Å². The number of aliphatic hydroxyl groups is 1. The molecule has 0 radical (unpaired) electrons. The molecule has 1 aliphatic carbocycles. The van der Waals surface area contributed by atoms with Crippen LogP contribution in [0, 0.1) is 5.92 Å². The Morgan fingerprint density at radius 2 is 1.96 bits per heavy atom. The Morgan fingerprint density at radius 1 is 1.24 bits per heavy atom. The maximum Gasteiger partial charge on any atom is 0.391 e. The Kier molecular flexibility index (Phi) is 6.37. The van der Waals surface area contributed by atoms with Crippen LogP contribution in [0.3, 0.4) is 0 Å². The van der Waals surface area contributed by atoms with Crippen LogP contribution < -0.4 is 5.32 Å². The number of halogens is 3. The van der Waals surface area contributed by atoms with E-state index in [0.29, 0.717) is 24.0 Å². The number of aryl methyl sites for hydroxylation is 1. The van der Waals surface area contributed by atoms with E-state index in [9.17, 15) is 18.3 Å². The molecule has 0 aromatic carbocycles. The zero-order valence-electron chi connectivity index (χ0n) is 14.8. The minimum Gasteiger partial charge on any atom is -0.389 e. The number of hydrogen-bond acceptors (Lipinski definition) is 5. The summed E-state index contributed by atoms with van der Waals surface area (Å²) in [5.74, 6) is -0.280. The lowest BCUT2D eigenvalue weighted by Gasteiger charge is -2.18. The van der Waals surface area contributed by atoms with E-state index >= 15 is 0 Å². The van der Waals surface area contributed by atoms with Crippen LogP contribution in [0.2, 0.25) is 0 Å². The number of aliphatic hydroxyl groups excluding tert-OH is 1. The zero-order chi connectivity index (χ0) is 18.6. The molecule has 0 saturated heterocycles. The quantitative estimate of drug-likeness (QED) is 0.810. The molecule has 0 aliphatic heterocycles. The number of allylic oxidation sites excluding steroid dienone is 1. The molecule has 8 heteroatoms. The molecular weight excluding hydrogens is 333 g/mol. The van der Waals surface area contributed by atoms with Crippen molar-refractivity contribution in [3.05, 3.63) is 17.7 Å². The van der Waals surface area contributed by atoms with Gasteiger partial charge in [0.15, 0.2) is 5.82 Å². The van der Waals surface area contributed by atoms with Gasteiger partial charge in [0.1, 0.15) is 5.82 Å². The number of alkyl halides is 3. The molecule has 25 heavy (non-hydrogen) atoms. The Bertz CT molecular complexity index is 616. The zero-order valence-corrected chi connectivity index (χ0v) is 14.8. The van der Waals surface area contributed by atoms with E-state index < -0.39 is 18.2 Å². The molecule has 1 unspecified atom stereocenters. The third kappa shape index (κ3) is 5.95. The van der Waals surface area contributed by atoms with Gasteiger partial charge in [-0.15, -0.1) is 0 Å². The first-order valence-electron chi connectivity index (χ1n) is 8.62. The monoisotopic (exact) mass is 358 g/mol. The van der Waals surface area contributed by atoms with Crippen molar-refractivity contribution < 1.29 is 18.3 Å². The molecule has 0 amide bonds. The van der Waals surface area contributed by atoms with Gasteiger partial charge in [0, 0.05) is 12.5 Å². The molecular formula is C17H25F3N4O. The molecule has 0 saturated carbocycles. The number of aromatic nitrogens is 3. The highest BCUT2D eigenvalue weighted by molar-refractivity contribution is 5.61. The Balaban J connectivity index is 2.24. The van der Waals surface area contributed by atoms with Crippen molar-refractivity contribution in [2.75, 3.05) is 5.32 Å². The molecule has 0 bridgehead atoms. The molecule has 0 spiro atoms. The highest BCUT2D eigenvalue weighted by atomic mass is 19.4. The first kappa shape index (κ1) is 19.6. The number of rotatable bonds is 6. The van der Waals surface area contributed by atoms with Crippen molar-refractivity contribution in [2.45, 2.75) is 71.2 Å². The van der Waals surface area contributed by atoms with Crippen LogP contribution in [0.5, 0.6) is 0 Å². The average molecular weight is 358 g/mol. The predicted molar refractivity (Wildman–Crippen MR) is 90.0 cm³/mol. The Labute approximate surface area is 145 Å². The molecule has 1 aromatic rings. The number of anilines is 1. The third-order valence-electron chi connectivity index (χ3n) is 4.09. The molecule has 0 fully saturated rings. The van der Waals surface area contributed by atoms with Crippen LogP contribution in [0.15, 0.2) is 6.08 Å². The molecule has 2 rings (SSSR count). The first-order chi connectivity index (χ1) is 11.6. The van der Waals surface area contributed by atoms with Gasteiger partial charge >= 0.3 is 6.18 Å². The van der Waals surface area contributed by atoms with Crippen LogP contribution >= 0.6 is 0 Å². The summed E-state index contributed by atoms with van der Waals surface area (Å²) in [7, 11) is 0. The summed E-state index contributed by atoms with van der Waals surface area (Å²) in [4.78, 5) is 13.0. The van der Waals surface area contributed by atoms with Crippen molar-refractivity contribution in [3.63, 3.8) is 0 Å². The van der Waals surface area contributed by atoms with Gasteiger partial charge in [0.25, 0.3) is 0 Å². The molecule has 2 atom stereocenters. The fraction of sp³-hybridized carbons (Fsp3) is 0.706. The highest BCUT2D eigenvalue weighted by Crippen LogP contribution is 2.29. The van der Waals surface area contributed by atoms with Gasteiger partial charge in [0.2, 0.25) is 5.95 Å². The summed E-state index contributed by atoms with van der Waals surface area (Å²) >= 11 is 0. The van der Waals surface area contributed by atoms with E-state index in [2.05, 4.69) is 20.3 Å². The number of nitrogens with one attached hydrogen (secondary N) is 1. The highest BCUT2D eigenvalue weighted by Gasteiger charge is 2.35.